The fourth-order valence-electron chi connectivity index (χ4n) is 3.82. The Balaban J connectivity index is 2.17. The van der Waals surface area contributed by atoms with Gasteiger partial charge in [0.2, 0.25) is 5.56 Å². The highest BCUT2D eigenvalue weighted by molar-refractivity contribution is 5.86. The van der Waals surface area contributed by atoms with E-state index in [0.717, 1.165) is 31.4 Å². The molecule has 0 saturated carbocycles. The van der Waals surface area contributed by atoms with Gasteiger partial charge in [0.1, 0.15) is 0 Å². The zero-order valence-electron chi connectivity index (χ0n) is 13.8. The van der Waals surface area contributed by atoms with E-state index in [-0.39, 0.29) is 10.9 Å². The van der Waals surface area contributed by atoms with E-state index >= 15 is 0 Å². The van der Waals surface area contributed by atoms with Crippen LogP contribution in [-0.2, 0) is 6.18 Å². The molecule has 0 radical (unpaired) electrons. The molecule has 1 aliphatic heterocycles. The lowest BCUT2D eigenvalue weighted by Gasteiger charge is -2.32. The Hall–Kier alpha value is -1.98. The lowest BCUT2D eigenvalue weighted by Crippen LogP contribution is -2.35. The number of anilines is 1. The fraction of sp³-hybridized carbons (Fsp3) is 0.500. The first-order valence-corrected chi connectivity index (χ1v) is 8.37. The summed E-state index contributed by atoms with van der Waals surface area (Å²) in [6.45, 7) is 4.21. The average Bonchev–Trinajstić information content (AvgIpc) is 2.95. The number of pyridine rings is 1. The Bertz CT molecular complexity index is 785. The summed E-state index contributed by atoms with van der Waals surface area (Å²) in [6.07, 6.45) is -0.501. The van der Waals surface area contributed by atoms with E-state index in [1.165, 1.54) is 0 Å². The molecule has 1 aliphatic rings. The first kappa shape index (κ1) is 16.9. The standard InChI is InChI=1S/C18H21F3N2O/c1-3-11-5-6-12(4-2)23(11)13-7-8-16-14(9-13)15(18(19,20)21)10-17(24)22-16/h7-12H,3-6H2,1-2H3,(H,22,24)/t11-,12+. The zero-order valence-corrected chi connectivity index (χ0v) is 13.8. The maximum absolute atomic E-state index is 13.3. The highest BCUT2D eigenvalue weighted by Crippen LogP contribution is 2.38. The van der Waals surface area contributed by atoms with Gasteiger partial charge in [0.15, 0.2) is 0 Å². The highest BCUT2D eigenvalue weighted by Gasteiger charge is 2.35. The number of halogens is 3. The summed E-state index contributed by atoms with van der Waals surface area (Å²) in [6, 6.07) is 6.32. The van der Waals surface area contributed by atoms with Crippen molar-refractivity contribution in [2.75, 3.05) is 4.90 Å². The second kappa shape index (κ2) is 6.15. The second-order valence-electron chi connectivity index (χ2n) is 6.38. The van der Waals surface area contributed by atoms with Crippen molar-refractivity contribution in [2.45, 2.75) is 57.8 Å². The van der Waals surface area contributed by atoms with Gasteiger partial charge in [-0.1, -0.05) is 13.8 Å². The quantitative estimate of drug-likeness (QED) is 0.880. The molecule has 0 bridgehead atoms. The number of rotatable bonds is 3. The van der Waals surface area contributed by atoms with Crippen molar-refractivity contribution >= 4 is 16.6 Å². The third-order valence-corrected chi connectivity index (χ3v) is 4.99. The summed E-state index contributed by atoms with van der Waals surface area (Å²) >= 11 is 0. The smallest absolute Gasteiger partial charge is 0.366 e. The number of H-pyrrole nitrogens is 1. The monoisotopic (exact) mass is 338 g/mol. The van der Waals surface area contributed by atoms with Crippen LogP contribution in [0.25, 0.3) is 10.9 Å². The van der Waals surface area contributed by atoms with Crippen molar-refractivity contribution in [2.24, 2.45) is 0 Å². The Morgan fingerprint density at radius 1 is 1.12 bits per heavy atom. The van der Waals surface area contributed by atoms with Crippen LogP contribution in [0.15, 0.2) is 29.1 Å². The zero-order chi connectivity index (χ0) is 17.5. The lowest BCUT2D eigenvalue weighted by molar-refractivity contribution is -0.136. The Morgan fingerprint density at radius 2 is 1.75 bits per heavy atom. The molecule has 2 aromatic rings. The molecule has 6 heteroatoms. The van der Waals surface area contributed by atoms with Crippen LogP contribution in [0.5, 0.6) is 0 Å². The van der Waals surface area contributed by atoms with Crippen LogP contribution in [-0.4, -0.2) is 17.1 Å². The Morgan fingerprint density at radius 3 is 2.29 bits per heavy atom. The summed E-state index contributed by atoms with van der Waals surface area (Å²) in [7, 11) is 0. The van der Waals surface area contributed by atoms with Crippen LogP contribution in [0.3, 0.4) is 0 Å². The SMILES string of the molecule is CC[C@@H]1CC[C@H](CC)N1c1ccc2[nH]c(=O)cc(C(F)(F)F)c2c1. The van der Waals surface area contributed by atoms with E-state index in [9.17, 15) is 18.0 Å². The molecule has 1 saturated heterocycles. The average molecular weight is 338 g/mol. The minimum Gasteiger partial charge on any atom is -0.366 e. The third kappa shape index (κ3) is 2.89. The predicted octanol–water partition coefficient (Wildman–Crippen LogP) is 4.70. The van der Waals surface area contributed by atoms with Gasteiger partial charge in [-0.15, -0.1) is 0 Å². The molecule has 1 fully saturated rings. The summed E-state index contributed by atoms with van der Waals surface area (Å²) in [5, 5.41) is 0.0520. The largest absolute Gasteiger partial charge is 0.417 e. The number of hydrogen-bond donors (Lipinski definition) is 1. The van der Waals surface area contributed by atoms with Crippen LogP contribution in [0.4, 0.5) is 18.9 Å². The van der Waals surface area contributed by atoms with Gasteiger partial charge in [-0.2, -0.15) is 13.2 Å². The summed E-state index contributed by atoms with van der Waals surface area (Å²) in [4.78, 5) is 16.3. The third-order valence-electron chi connectivity index (χ3n) is 4.99. The normalized spacial score (nSPS) is 21.6. The minimum absolute atomic E-state index is 0.0520. The summed E-state index contributed by atoms with van der Waals surface area (Å²) in [5.41, 5.74) is -0.583. The molecular weight excluding hydrogens is 317 g/mol. The molecule has 0 spiro atoms. The van der Waals surface area contributed by atoms with Crippen molar-refractivity contribution in [3.8, 4) is 0 Å². The first-order valence-electron chi connectivity index (χ1n) is 8.37. The molecular formula is C18H21F3N2O. The van der Waals surface area contributed by atoms with Gasteiger partial charge < -0.3 is 9.88 Å². The number of hydrogen-bond acceptors (Lipinski definition) is 2. The number of benzene rings is 1. The maximum Gasteiger partial charge on any atom is 0.417 e. The molecule has 2 atom stereocenters. The number of nitrogens with zero attached hydrogens (tertiary/aromatic N) is 1. The fourth-order valence-corrected chi connectivity index (χ4v) is 3.82. The lowest BCUT2D eigenvalue weighted by atomic mass is 10.1. The van der Waals surface area contributed by atoms with Gasteiger partial charge in [-0.05, 0) is 43.9 Å². The molecule has 2 heterocycles. The topological polar surface area (TPSA) is 36.1 Å². The molecule has 24 heavy (non-hydrogen) atoms. The summed E-state index contributed by atoms with van der Waals surface area (Å²) < 4.78 is 40.0. The number of nitrogens with one attached hydrogen (secondary N) is 1. The van der Waals surface area contributed by atoms with Gasteiger partial charge in [0.05, 0.1) is 5.56 Å². The van der Waals surface area contributed by atoms with Crippen LogP contribution in [0, 0.1) is 0 Å². The van der Waals surface area contributed by atoms with Crippen molar-refractivity contribution in [1.82, 2.24) is 4.98 Å². The molecule has 3 nitrogen and oxygen atoms in total. The van der Waals surface area contributed by atoms with Crippen molar-refractivity contribution in [1.29, 1.82) is 0 Å². The van der Waals surface area contributed by atoms with Gasteiger partial charge in [-0.25, -0.2) is 0 Å². The van der Waals surface area contributed by atoms with E-state index in [2.05, 4.69) is 23.7 Å². The molecule has 1 N–H and O–H groups in total. The van der Waals surface area contributed by atoms with Crippen molar-refractivity contribution in [3.05, 3.63) is 40.2 Å². The van der Waals surface area contributed by atoms with E-state index < -0.39 is 17.3 Å². The number of alkyl halides is 3. The van der Waals surface area contributed by atoms with Crippen LogP contribution in [0.2, 0.25) is 0 Å². The molecule has 0 amide bonds. The van der Waals surface area contributed by atoms with E-state index in [0.29, 0.717) is 18.2 Å². The van der Waals surface area contributed by atoms with Crippen LogP contribution < -0.4 is 10.5 Å². The van der Waals surface area contributed by atoms with Gasteiger partial charge in [-0.3, -0.25) is 4.79 Å². The number of aromatic amines is 1. The van der Waals surface area contributed by atoms with Gasteiger partial charge in [0.25, 0.3) is 0 Å². The molecule has 130 valence electrons. The molecule has 3 rings (SSSR count). The number of fused-ring (bicyclic) bond motifs is 1. The second-order valence-corrected chi connectivity index (χ2v) is 6.38. The predicted molar refractivity (Wildman–Crippen MR) is 89.4 cm³/mol. The van der Waals surface area contributed by atoms with Gasteiger partial charge in [0, 0.05) is 34.7 Å². The Kier molecular flexibility index (Phi) is 4.32. The van der Waals surface area contributed by atoms with E-state index in [4.69, 9.17) is 0 Å². The van der Waals surface area contributed by atoms with Gasteiger partial charge >= 0.3 is 6.18 Å². The molecule has 0 unspecified atom stereocenters. The van der Waals surface area contributed by atoms with Crippen LogP contribution >= 0.6 is 0 Å². The van der Waals surface area contributed by atoms with Crippen molar-refractivity contribution in [3.63, 3.8) is 0 Å². The highest BCUT2D eigenvalue weighted by atomic mass is 19.4. The van der Waals surface area contributed by atoms with Crippen molar-refractivity contribution < 1.29 is 13.2 Å². The molecule has 1 aromatic heterocycles. The molecule has 1 aromatic carbocycles. The maximum atomic E-state index is 13.3. The van der Waals surface area contributed by atoms with E-state index in [1.54, 1.807) is 12.1 Å². The molecule has 0 aliphatic carbocycles. The minimum atomic E-state index is -4.55. The first-order chi connectivity index (χ1) is 11.3. The van der Waals surface area contributed by atoms with Crippen LogP contribution in [0.1, 0.15) is 45.1 Å². The Labute approximate surface area is 138 Å². The van der Waals surface area contributed by atoms with E-state index in [1.807, 2.05) is 6.07 Å². The number of aromatic nitrogens is 1. The summed E-state index contributed by atoms with van der Waals surface area (Å²) in [5.74, 6) is 0.